The topological polar surface area (TPSA) is 40.5 Å². The van der Waals surface area contributed by atoms with Gasteiger partial charge in [0.2, 0.25) is 0 Å². The number of thiophene rings is 1. The van der Waals surface area contributed by atoms with Crippen LogP contribution in [0.1, 0.15) is 0 Å². The van der Waals surface area contributed by atoms with E-state index >= 15 is 0 Å². The Balaban J connectivity index is 2.16. The summed E-state index contributed by atoms with van der Waals surface area (Å²) in [5, 5.41) is 20.2. The molecule has 94 valence electrons. The van der Waals surface area contributed by atoms with Gasteiger partial charge in [0.05, 0.1) is 9.75 Å². The molecule has 3 aromatic rings. The number of benzene rings is 2. The van der Waals surface area contributed by atoms with Gasteiger partial charge in [-0.2, -0.15) is 0 Å². The maximum Gasteiger partial charge on any atom is 0.177 e. The van der Waals surface area contributed by atoms with Crippen molar-refractivity contribution in [1.29, 1.82) is 0 Å². The highest BCUT2D eigenvalue weighted by molar-refractivity contribution is 7.19. The van der Waals surface area contributed by atoms with Crippen molar-refractivity contribution < 1.29 is 10.2 Å². The van der Waals surface area contributed by atoms with Crippen LogP contribution in [-0.4, -0.2) is 10.2 Å². The first-order valence-corrected chi connectivity index (χ1v) is 6.74. The molecule has 0 atom stereocenters. The molecule has 0 radical (unpaired) electrons. The normalized spacial score (nSPS) is 10.5. The molecule has 0 bridgehead atoms. The van der Waals surface area contributed by atoms with Gasteiger partial charge in [-0.25, -0.2) is 0 Å². The molecule has 0 fully saturated rings. The minimum Gasteiger partial charge on any atom is -0.503 e. The maximum absolute atomic E-state index is 10.1. The Bertz CT molecular complexity index is 628. The summed E-state index contributed by atoms with van der Waals surface area (Å²) >= 11 is 1.39. The van der Waals surface area contributed by atoms with Crippen molar-refractivity contribution in [3.8, 4) is 32.4 Å². The Morgan fingerprint density at radius 2 is 0.947 bits per heavy atom. The Morgan fingerprint density at radius 3 is 1.32 bits per heavy atom. The van der Waals surface area contributed by atoms with Crippen molar-refractivity contribution in [2.24, 2.45) is 0 Å². The minimum absolute atomic E-state index is 0.0462. The van der Waals surface area contributed by atoms with Crippen LogP contribution in [-0.2, 0) is 0 Å². The molecule has 3 heteroatoms. The zero-order chi connectivity index (χ0) is 13.2. The molecule has 1 aromatic heterocycles. The molecule has 2 nitrogen and oxygen atoms in total. The predicted molar refractivity (Wildman–Crippen MR) is 78.5 cm³/mol. The summed E-state index contributed by atoms with van der Waals surface area (Å²) in [6.45, 7) is 0. The third kappa shape index (κ3) is 2.09. The fourth-order valence-electron chi connectivity index (χ4n) is 1.98. The van der Waals surface area contributed by atoms with E-state index in [9.17, 15) is 10.2 Å². The molecule has 0 amide bonds. The van der Waals surface area contributed by atoms with Crippen molar-refractivity contribution in [1.82, 2.24) is 0 Å². The molecular weight excluding hydrogens is 256 g/mol. The second kappa shape index (κ2) is 4.78. The van der Waals surface area contributed by atoms with E-state index in [1.54, 1.807) is 0 Å². The van der Waals surface area contributed by atoms with Crippen LogP contribution in [0.4, 0.5) is 0 Å². The van der Waals surface area contributed by atoms with Crippen molar-refractivity contribution >= 4 is 11.3 Å². The molecule has 0 aliphatic rings. The average molecular weight is 268 g/mol. The van der Waals surface area contributed by atoms with Crippen LogP contribution < -0.4 is 0 Å². The predicted octanol–water partition coefficient (Wildman–Crippen LogP) is 4.49. The van der Waals surface area contributed by atoms with Crippen LogP contribution in [0.15, 0.2) is 60.7 Å². The summed E-state index contributed by atoms with van der Waals surface area (Å²) in [4.78, 5) is 1.38. The van der Waals surface area contributed by atoms with Crippen LogP contribution in [0.25, 0.3) is 20.9 Å². The monoisotopic (exact) mass is 268 g/mol. The lowest BCUT2D eigenvalue weighted by Crippen LogP contribution is -1.71. The van der Waals surface area contributed by atoms with E-state index in [-0.39, 0.29) is 11.5 Å². The van der Waals surface area contributed by atoms with Crippen molar-refractivity contribution in [3.05, 3.63) is 60.7 Å². The van der Waals surface area contributed by atoms with E-state index in [1.807, 2.05) is 60.7 Å². The summed E-state index contributed by atoms with van der Waals surface area (Å²) in [6.07, 6.45) is 0. The van der Waals surface area contributed by atoms with Crippen molar-refractivity contribution in [3.63, 3.8) is 0 Å². The fourth-order valence-corrected chi connectivity index (χ4v) is 3.08. The number of hydrogen-bond donors (Lipinski definition) is 2. The van der Waals surface area contributed by atoms with E-state index in [2.05, 4.69) is 0 Å². The van der Waals surface area contributed by atoms with Gasteiger partial charge in [-0.05, 0) is 11.1 Å². The highest BCUT2D eigenvalue weighted by Crippen LogP contribution is 2.50. The van der Waals surface area contributed by atoms with Gasteiger partial charge in [-0.1, -0.05) is 60.7 Å². The molecule has 2 aromatic carbocycles. The summed E-state index contributed by atoms with van der Waals surface area (Å²) in [6, 6.07) is 19.2. The van der Waals surface area contributed by atoms with Gasteiger partial charge in [-0.3, -0.25) is 0 Å². The highest BCUT2D eigenvalue weighted by atomic mass is 32.1. The minimum atomic E-state index is -0.0462. The van der Waals surface area contributed by atoms with E-state index in [0.717, 1.165) is 11.1 Å². The SMILES string of the molecule is Oc1c(-c2ccccc2)sc(-c2ccccc2)c1O. The lowest BCUT2D eigenvalue weighted by Gasteiger charge is -1.97. The molecule has 1 heterocycles. The second-order valence-corrected chi connectivity index (χ2v) is 5.21. The van der Waals surface area contributed by atoms with Gasteiger partial charge >= 0.3 is 0 Å². The summed E-state index contributed by atoms with van der Waals surface area (Å²) in [5.41, 5.74) is 1.81. The lowest BCUT2D eigenvalue weighted by molar-refractivity contribution is 0.410. The van der Waals surface area contributed by atoms with Gasteiger partial charge in [0.15, 0.2) is 11.5 Å². The van der Waals surface area contributed by atoms with E-state index in [1.165, 1.54) is 11.3 Å². The molecule has 3 rings (SSSR count). The molecule has 0 saturated heterocycles. The van der Waals surface area contributed by atoms with Crippen LogP contribution in [0.2, 0.25) is 0 Å². The molecule has 0 aliphatic carbocycles. The fraction of sp³-hybridized carbons (Fsp3) is 0. The Labute approximate surface area is 115 Å². The molecule has 0 aliphatic heterocycles. The van der Waals surface area contributed by atoms with Crippen LogP contribution in [0.5, 0.6) is 11.5 Å². The van der Waals surface area contributed by atoms with Gasteiger partial charge < -0.3 is 10.2 Å². The lowest BCUT2D eigenvalue weighted by atomic mass is 10.1. The molecule has 19 heavy (non-hydrogen) atoms. The molecule has 0 saturated carbocycles. The number of hydrogen-bond acceptors (Lipinski definition) is 3. The van der Waals surface area contributed by atoms with Crippen LogP contribution in [0, 0.1) is 0 Å². The van der Waals surface area contributed by atoms with Crippen LogP contribution >= 0.6 is 11.3 Å². The third-order valence-electron chi connectivity index (χ3n) is 2.93. The Kier molecular flexibility index (Phi) is 2.97. The molecule has 2 N–H and O–H groups in total. The van der Waals surface area contributed by atoms with Crippen molar-refractivity contribution in [2.45, 2.75) is 0 Å². The van der Waals surface area contributed by atoms with Gasteiger partial charge in [-0.15, -0.1) is 11.3 Å². The maximum atomic E-state index is 10.1. The second-order valence-electron chi connectivity index (χ2n) is 4.19. The number of rotatable bonds is 2. The molecular formula is C16H12O2S. The smallest absolute Gasteiger partial charge is 0.177 e. The zero-order valence-electron chi connectivity index (χ0n) is 10.1. The van der Waals surface area contributed by atoms with E-state index in [0.29, 0.717) is 9.75 Å². The number of aromatic hydroxyl groups is 2. The standard InChI is InChI=1S/C16H12O2S/c17-13-14(18)16(12-9-5-2-6-10-12)19-15(13)11-7-3-1-4-8-11/h1-10,17-18H. The quantitative estimate of drug-likeness (QED) is 0.718. The van der Waals surface area contributed by atoms with Gasteiger partial charge in [0, 0.05) is 0 Å². The van der Waals surface area contributed by atoms with Gasteiger partial charge in [0.1, 0.15) is 0 Å². The zero-order valence-corrected chi connectivity index (χ0v) is 10.9. The summed E-state index contributed by atoms with van der Waals surface area (Å²) in [5.74, 6) is -0.0925. The molecule has 0 spiro atoms. The Morgan fingerprint density at radius 1 is 0.579 bits per heavy atom. The van der Waals surface area contributed by atoms with E-state index < -0.39 is 0 Å². The summed E-state index contributed by atoms with van der Waals surface area (Å²) in [7, 11) is 0. The summed E-state index contributed by atoms with van der Waals surface area (Å²) < 4.78 is 0. The first-order chi connectivity index (χ1) is 9.27. The Hall–Kier alpha value is -2.26. The first-order valence-electron chi connectivity index (χ1n) is 5.93. The average Bonchev–Trinajstić information content (AvgIpc) is 2.77. The third-order valence-corrected chi connectivity index (χ3v) is 4.20. The van der Waals surface area contributed by atoms with Gasteiger partial charge in [0.25, 0.3) is 0 Å². The largest absolute Gasteiger partial charge is 0.503 e. The highest BCUT2D eigenvalue weighted by Gasteiger charge is 2.18. The van der Waals surface area contributed by atoms with Crippen molar-refractivity contribution in [2.75, 3.05) is 0 Å². The van der Waals surface area contributed by atoms with E-state index in [4.69, 9.17) is 0 Å². The first kappa shape index (κ1) is 11.8. The van der Waals surface area contributed by atoms with Crippen LogP contribution in [0.3, 0.4) is 0 Å². The molecule has 0 unspecified atom stereocenters.